The van der Waals surface area contributed by atoms with Crippen molar-refractivity contribution in [3.05, 3.63) is 23.8 Å². The second-order valence-corrected chi connectivity index (χ2v) is 9.26. The highest BCUT2D eigenvalue weighted by Crippen LogP contribution is 2.40. The fraction of sp³-hybridized carbons (Fsp3) is 0.636. The first-order chi connectivity index (χ1) is 14.6. The molecule has 30 heavy (non-hydrogen) atoms. The number of rotatable bonds is 4. The van der Waals surface area contributed by atoms with Gasteiger partial charge in [-0.25, -0.2) is 4.79 Å². The number of carbonyl (C=O) groups excluding carboxylic acids is 1. The van der Waals surface area contributed by atoms with Crippen molar-refractivity contribution in [2.24, 2.45) is 17.8 Å². The standard InChI is InChI=1S/C22H29N5O3/c28-21(15-7-8-18-19(10-15)24-25-23-18)26-11-16-12-27(22(29)30)20(17(16)13-26)9-6-14-4-2-1-3-5-14/h7-8,10,14,16-17,20H,1-6,9,11-13H2,(H,29,30)(H,23,24,25)/t16-,17-,20?/m1/s1. The van der Waals surface area contributed by atoms with Crippen molar-refractivity contribution in [1.29, 1.82) is 0 Å². The number of likely N-dealkylation sites (tertiary alicyclic amines) is 2. The molecule has 1 aromatic carbocycles. The van der Waals surface area contributed by atoms with E-state index in [1.165, 1.54) is 32.1 Å². The molecule has 5 rings (SSSR count). The van der Waals surface area contributed by atoms with Gasteiger partial charge in [-0.2, -0.15) is 0 Å². The van der Waals surface area contributed by atoms with Crippen LogP contribution < -0.4 is 0 Å². The Labute approximate surface area is 175 Å². The van der Waals surface area contributed by atoms with Crippen LogP contribution in [-0.2, 0) is 0 Å². The van der Waals surface area contributed by atoms with Crippen LogP contribution in [0.5, 0.6) is 0 Å². The molecule has 2 saturated heterocycles. The lowest BCUT2D eigenvalue weighted by atomic mass is 9.83. The molecule has 1 aromatic heterocycles. The average Bonchev–Trinajstić information content (AvgIpc) is 3.46. The lowest BCUT2D eigenvalue weighted by molar-refractivity contribution is 0.0759. The summed E-state index contributed by atoms with van der Waals surface area (Å²) < 4.78 is 0. The lowest BCUT2D eigenvalue weighted by Crippen LogP contribution is -2.41. The van der Waals surface area contributed by atoms with Crippen molar-refractivity contribution in [3.63, 3.8) is 0 Å². The van der Waals surface area contributed by atoms with E-state index in [0.717, 1.165) is 24.3 Å². The minimum absolute atomic E-state index is 0.00204. The molecule has 2 amide bonds. The highest BCUT2D eigenvalue weighted by molar-refractivity contribution is 5.97. The minimum atomic E-state index is -0.813. The summed E-state index contributed by atoms with van der Waals surface area (Å²) in [7, 11) is 0. The van der Waals surface area contributed by atoms with Gasteiger partial charge in [0.05, 0.1) is 5.52 Å². The van der Waals surface area contributed by atoms with Gasteiger partial charge in [0.15, 0.2) is 0 Å². The molecule has 3 aliphatic rings. The Kier molecular flexibility index (Phi) is 5.08. The molecule has 1 aliphatic carbocycles. The number of amides is 2. The Bertz CT molecular complexity index is 938. The van der Waals surface area contributed by atoms with Gasteiger partial charge in [0.1, 0.15) is 5.52 Å². The summed E-state index contributed by atoms with van der Waals surface area (Å²) in [6, 6.07) is 5.45. The molecule has 8 nitrogen and oxygen atoms in total. The highest BCUT2D eigenvalue weighted by Gasteiger charge is 2.49. The van der Waals surface area contributed by atoms with Crippen LogP contribution >= 0.6 is 0 Å². The maximum absolute atomic E-state index is 13.1. The largest absolute Gasteiger partial charge is 0.465 e. The normalized spacial score (nSPS) is 27.0. The third kappa shape index (κ3) is 3.52. The van der Waals surface area contributed by atoms with Crippen LogP contribution in [0.3, 0.4) is 0 Å². The van der Waals surface area contributed by atoms with Gasteiger partial charge in [-0.3, -0.25) is 9.89 Å². The Morgan fingerprint density at radius 1 is 1.10 bits per heavy atom. The summed E-state index contributed by atoms with van der Waals surface area (Å²) in [4.78, 5) is 28.5. The van der Waals surface area contributed by atoms with E-state index in [1.807, 2.05) is 17.0 Å². The van der Waals surface area contributed by atoms with E-state index in [2.05, 4.69) is 15.4 Å². The van der Waals surface area contributed by atoms with Crippen LogP contribution in [-0.4, -0.2) is 68.0 Å². The Morgan fingerprint density at radius 2 is 1.93 bits per heavy atom. The summed E-state index contributed by atoms with van der Waals surface area (Å²) in [6.07, 6.45) is 7.73. The molecule has 1 saturated carbocycles. The third-order valence-corrected chi connectivity index (χ3v) is 7.52. The predicted molar refractivity (Wildman–Crippen MR) is 111 cm³/mol. The van der Waals surface area contributed by atoms with Crippen molar-refractivity contribution in [2.75, 3.05) is 19.6 Å². The predicted octanol–water partition coefficient (Wildman–Crippen LogP) is 3.37. The van der Waals surface area contributed by atoms with Gasteiger partial charge in [0, 0.05) is 43.1 Å². The lowest BCUT2D eigenvalue weighted by Gasteiger charge is -2.30. The molecule has 160 valence electrons. The number of carboxylic acid groups (broad SMARTS) is 1. The SMILES string of the molecule is O=C(c1ccc2[nH]nnc2c1)N1C[C@@H]2CN(C(=O)O)C(CCC3CCCCC3)[C@@H]2C1. The number of hydrogen-bond acceptors (Lipinski definition) is 4. The summed E-state index contributed by atoms with van der Waals surface area (Å²) in [5.74, 6) is 1.21. The second kappa shape index (κ2) is 7.89. The number of aromatic amines is 1. The molecule has 2 aromatic rings. The zero-order valence-electron chi connectivity index (χ0n) is 17.2. The van der Waals surface area contributed by atoms with Crippen molar-refractivity contribution >= 4 is 23.0 Å². The smallest absolute Gasteiger partial charge is 0.407 e. The highest BCUT2D eigenvalue weighted by atomic mass is 16.4. The second-order valence-electron chi connectivity index (χ2n) is 9.26. The molecule has 0 spiro atoms. The number of nitrogens with zero attached hydrogens (tertiary/aromatic N) is 4. The Hall–Kier alpha value is -2.64. The molecule has 3 atom stereocenters. The van der Waals surface area contributed by atoms with E-state index in [0.29, 0.717) is 30.7 Å². The van der Waals surface area contributed by atoms with Crippen LogP contribution in [0.4, 0.5) is 4.79 Å². The fourth-order valence-electron chi connectivity index (χ4n) is 5.94. The van der Waals surface area contributed by atoms with E-state index in [9.17, 15) is 14.7 Å². The number of carbonyl (C=O) groups is 2. The van der Waals surface area contributed by atoms with Crippen LogP contribution in [0.2, 0.25) is 0 Å². The summed E-state index contributed by atoms with van der Waals surface area (Å²) in [6.45, 7) is 1.81. The quantitative estimate of drug-likeness (QED) is 0.803. The topological polar surface area (TPSA) is 102 Å². The van der Waals surface area contributed by atoms with Gasteiger partial charge in [-0.05, 0) is 37.0 Å². The summed E-state index contributed by atoms with van der Waals surface area (Å²) >= 11 is 0. The van der Waals surface area contributed by atoms with Gasteiger partial charge in [-0.1, -0.05) is 37.3 Å². The zero-order chi connectivity index (χ0) is 20.7. The average molecular weight is 412 g/mol. The molecule has 3 heterocycles. The van der Waals surface area contributed by atoms with Crippen LogP contribution in [0.25, 0.3) is 11.0 Å². The molecular weight excluding hydrogens is 382 g/mol. The molecule has 2 aliphatic heterocycles. The first kappa shape index (κ1) is 19.3. The van der Waals surface area contributed by atoms with Crippen LogP contribution in [0, 0.1) is 17.8 Å². The molecular formula is C22H29N5O3. The van der Waals surface area contributed by atoms with Crippen molar-refractivity contribution in [1.82, 2.24) is 25.2 Å². The summed E-state index contributed by atoms with van der Waals surface area (Å²) in [5, 5.41) is 20.3. The maximum atomic E-state index is 13.1. The Morgan fingerprint density at radius 3 is 2.73 bits per heavy atom. The molecule has 1 unspecified atom stereocenters. The van der Waals surface area contributed by atoms with Crippen molar-refractivity contribution in [2.45, 2.75) is 51.0 Å². The maximum Gasteiger partial charge on any atom is 0.407 e. The monoisotopic (exact) mass is 411 g/mol. The molecule has 2 N–H and O–H groups in total. The number of H-pyrrole nitrogens is 1. The number of nitrogens with one attached hydrogen (secondary N) is 1. The minimum Gasteiger partial charge on any atom is -0.465 e. The first-order valence-electron chi connectivity index (χ1n) is 11.2. The van der Waals surface area contributed by atoms with Gasteiger partial charge in [0.2, 0.25) is 0 Å². The van der Waals surface area contributed by atoms with Gasteiger partial charge in [-0.15, -0.1) is 5.10 Å². The van der Waals surface area contributed by atoms with E-state index < -0.39 is 6.09 Å². The summed E-state index contributed by atoms with van der Waals surface area (Å²) in [5.41, 5.74) is 2.11. The molecule has 3 fully saturated rings. The van der Waals surface area contributed by atoms with Gasteiger partial charge >= 0.3 is 6.09 Å². The number of aromatic nitrogens is 3. The van der Waals surface area contributed by atoms with Crippen molar-refractivity contribution < 1.29 is 14.7 Å². The number of fused-ring (bicyclic) bond motifs is 2. The van der Waals surface area contributed by atoms with Crippen LogP contribution in [0.15, 0.2) is 18.2 Å². The molecule has 0 radical (unpaired) electrons. The van der Waals surface area contributed by atoms with Crippen molar-refractivity contribution in [3.8, 4) is 0 Å². The Balaban J connectivity index is 1.28. The molecule has 8 heteroatoms. The number of hydrogen-bond donors (Lipinski definition) is 2. The fourth-order valence-corrected chi connectivity index (χ4v) is 5.94. The van der Waals surface area contributed by atoms with E-state index in [-0.39, 0.29) is 23.8 Å². The zero-order valence-corrected chi connectivity index (χ0v) is 17.2. The third-order valence-electron chi connectivity index (χ3n) is 7.52. The number of benzene rings is 1. The van der Waals surface area contributed by atoms with E-state index in [1.54, 1.807) is 11.0 Å². The first-order valence-corrected chi connectivity index (χ1v) is 11.2. The van der Waals surface area contributed by atoms with E-state index >= 15 is 0 Å². The van der Waals surface area contributed by atoms with Gasteiger partial charge in [0.25, 0.3) is 5.91 Å². The van der Waals surface area contributed by atoms with E-state index in [4.69, 9.17) is 0 Å². The van der Waals surface area contributed by atoms with Gasteiger partial charge < -0.3 is 14.9 Å². The molecule has 0 bridgehead atoms. The van der Waals surface area contributed by atoms with Crippen LogP contribution in [0.1, 0.15) is 55.3 Å².